The number of halogens is 3. The first-order valence-electron chi connectivity index (χ1n) is 11.0. The smallest absolute Gasteiger partial charge is 0.507 e. The molecule has 0 aliphatic heterocycles. The van der Waals surface area contributed by atoms with Crippen LogP contribution in [0.25, 0.3) is 11.1 Å². The van der Waals surface area contributed by atoms with Gasteiger partial charge in [0.1, 0.15) is 11.5 Å². The number of ether oxygens (including phenoxy) is 1. The maximum absolute atomic E-state index is 12.5. The Labute approximate surface area is 181 Å². The maximum Gasteiger partial charge on any atom is 0.573 e. The summed E-state index contributed by atoms with van der Waals surface area (Å²) < 4.78 is 41.4. The van der Waals surface area contributed by atoms with E-state index in [1.54, 1.807) is 12.1 Å². The Morgan fingerprint density at radius 1 is 1.03 bits per heavy atom. The summed E-state index contributed by atoms with van der Waals surface area (Å²) in [4.78, 5) is 0. The molecule has 0 saturated heterocycles. The van der Waals surface area contributed by atoms with Crippen molar-refractivity contribution >= 4 is 0 Å². The lowest BCUT2D eigenvalue weighted by molar-refractivity contribution is -0.274. The third-order valence-electron chi connectivity index (χ3n) is 6.75. The van der Waals surface area contributed by atoms with E-state index in [1.807, 2.05) is 12.1 Å². The quantitative estimate of drug-likeness (QED) is 0.563. The highest BCUT2D eigenvalue weighted by Crippen LogP contribution is 2.45. The second-order valence-corrected chi connectivity index (χ2v) is 10.0. The summed E-state index contributed by atoms with van der Waals surface area (Å²) in [5.74, 6) is 1.47. The van der Waals surface area contributed by atoms with Crippen molar-refractivity contribution < 1.29 is 23.0 Å². The second kappa shape index (κ2) is 8.05. The van der Waals surface area contributed by atoms with Gasteiger partial charge in [0.2, 0.25) is 0 Å². The Morgan fingerprint density at radius 2 is 1.74 bits per heavy atom. The third-order valence-corrected chi connectivity index (χ3v) is 6.75. The Hall–Kier alpha value is -2.21. The number of aromatic hydroxyl groups is 1. The zero-order valence-corrected chi connectivity index (χ0v) is 18.2. The average Bonchev–Trinajstić information content (AvgIpc) is 3.29. The molecule has 0 radical (unpaired) electrons. The summed E-state index contributed by atoms with van der Waals surface area (Å²) in [6.45, 7) is 6.90. The van der Waals surface area contributed by atoms with E-state index < -0.39 is 6.36 Å². The van der Waals surface area contributed by atoms with Crippen LogP contribution >= 0.6 is 0 Å². The molecule has 0 amide bonds. The Morgan fingerprint density at radius 3 is 2.29 bits per heavy atom. The van der Waals surface area contributed by atoms with E-state index >= 15 is 0 Å². The highest BCUT2D eigenvalue weighted by molar-refractivity contribution is 5.73. The van der Waals surface area contributed by atoms with Crippen molar-refractivity contribution in [2.75, 3.05) is 0 Å². The molecule has 2 aliphatic carbocycles. The summed E-state index contributed by atoms with van der Waals surface area (Å²) in [5, 5.41) is 14.7. The van der Waals surface area contributed by atoms with Gasteiger partial charge in [0.25, 0.3) is 0 Å². The zero-order chi connectivity index (χ0) is 22.4. The summed E-state index contributed by atoms with van der Waals surface area (Å²) in [6.07, 6.45) is 0.412. The van der Waals surface area contributed by atoms with Crippen molar-refractivity contribution in [3.05, 3.63) is 47.5 Å². The monoisotopic (exact) mass is 433 g/mol. The van der Waals surface area contributed by atoms with Crippen molar-refractivity contribution in [2.45, 2.75) is 70.8 Å². The number of benzene rings is 2. The molecule has 0 heterocycles. The van der Waals surface area contributed by atoms with Gasteiger partial charge in [0, 0.05) is 23.7 Å². The molecule has 3 unspecified atom stereocenters. The van der Waals surface area contributed by atoms with Crippen LogP contribution in [0.2, 0.25) is 0 Å². The fraction of sp³-hybridized carbons (Fsp3) is 0.520. The summed E-state index contributed by atoms with van der Waals surface area (Å²) in [6, 6.07) is 10.1. The predicted octanol–water partition coefficient (Wildman–Crippen LogP) is 6.53. The summed E-state index contributed by atoms with van der Waals surface area (Å²) in [7, 11) is 0. The van der Waals surface area contributed by atoms with Crippen LogP contribution < -0.4 is 10.1 Å². The lowest BCUT2D eigenvalue weighted by Crippen LogP contribution is -2.33. The Kier molecular flexibility index (Phi) is 5.71. The van der Waals surface area contributed by atoms with Crippen LogP contribution in [-0.2, 0) is 12.0 Å². The highest BCUT2D eigenvalue weighted by Gasteiger charge is 2.39. The maximum atomic E-state index is 12.5. The van der Waals surface area contributed by atoms with Gasteiger partial charge in [-0.05, 0) is 65.8 Å². The fourth-order valence-electron chi connectivity index (χ4n) is 5.05. The minimum Gasteiger partial charge on any atom is -0.507 e. The second-order valence-electron chi connectivity index (χ2n) is 10.0. The van der Waals surface area contributed by atoms with Crippen molar-refractivity contribution in [2.24, 2.45) is 11.8 Å². The molecule has 0 aromatic heterocycles. The van der Waals surface area contributed by atoms with E-state index in [2.05, 4.69) is 30.8 Å². The van der Waals surface area contributed by atoms with Gasteiger partial charge in [-0.25, -0.2) is 0 Å². The standard InChI is InChI=1S/C25H30F3NO2/c1-24(2,3)19-12-18(14-29-22-11-15-4-5-17(22)10-15)23(30)21(13-19)16-6-8-20(9-7-16)31-25(26,27)28/h6-9,12-13,15,17,22,29-30H,4-5,10-11,14H2,1-3H3. The molecule has 31 heavy (non-hydrogen) atoms. The molecule has 3 nitrogen and oxygen atoms in total. The molecule has 0 spiro atoms. The van der Waals surface area contributed by atoms with Crippen molar-refractivity contribution in [1.29, 1.82) is 0 Å². The molecule has 3 atom stereocenters. The zero-order valence-electron chi connectivity index (χ0n) is 18.2. The number of hydrogen-bond acceptors (Lipinski definition) is 3. The van der Waals surface area contributed by atoms with Crippen LogP contribution in [0.15, 0.2) is 36.4 Å². The minimum atomic E-state index is -4.73. The molecule has 2 fully saturated rings. The van der Waals surface area contributed by atoms with E-state index in [0.29, 0.717) is 23.7 Å². The van der Waals surface area contributed by atoms with Crippen LogP contribution in [0.1, 0.15) is 57.6 Å². The number of phenols is 1. The predicted molar refractivity (Wildman–Crippen MR) is 115 cm³/mol. The number of alkyl halides is 3. The number of phenolic OH excluding ortho intramolecular Hbond substituents is 1. The number of rotatable bonds is 5. The van der Waals surface area contributed by atoms with Gasteiger partial charge in [-0.3, -0.25) is 0 Å². The van der Waals surface area contributed by atoms with Crippen LogP contribution in [0.5, 0.6) is 11.5 Å². The normalized spacial score (nSPS) is 23.4. The van der Waals surface area contributed by atoms with Gasteiger partial charge in [-0.2, -0.15) is 0 Å². The molecular formula is C25H30F3NO2. The molecule has 2 aliphatic rings. The van der Waals surface area contributed by atoms with E-state index in [-0.39, 0.29) is 16.9 Å². The highest BCUT2D eigenvalue weighted by atomic mass is 19.4. The third kappa shape index (κ3) is 5.00. The first kappa shape index (κ1) is 22.0. The molecule has 2 aromatic carbocycles. The molecule has 2 N–H and O–H groups in total. The van der Waals surface area contributed by atoms with Crippen LogP contribution in [0, 0.1) is 11.8 Å². The summed E-state index contributed by atoms with van der Waals surface area (Å²) >= 11 is 0. The topological polar surface area (TPSA) is 41.5 Å². The van der Waals surface area contributed by atoms with Crippen molar-refractivity contribution in [1.82, 2.24) is 5.32 Å². The van der Waals surface area contributed by atoms with Crippen LogP contribution in [-0.4, -0.2) is 17.5 Å². The summed E-state index contributed by atoms with van der Waals surface area (Å²) in [5.41, 5.74) is 3.03. The average molecular weight is 434 g/mol. The Bertz CT molecular complexity index is 932. The van der Waals surface area contributed by atoms with E-state index in [9.17, 15) is 18.3 Å². The SMILES string of the molecule is CC(C)(C)c1cc(CNC2CC3CCC2C3)c(O)c(-c2ccc(OC(F)(F)F)cc2)c1. The van der Waals surface area contributed by atoms with E-state index in [1.165, 1.54) is 37.8 Å². The molecule has 4 rings (SSSR count). The van der Waals surface area contributed by atoms with Crippen LogP contribution in [0.3, 0.4) is 0 Å². The van der Waals surface area contributed by atoms with Gasteiger partial charge in [-0.15, -0.1) is 13.2 Å². The molecule has 2 saturated carbocycles. The number of fused-ring (bicyclic) bond motifs is 2. The minimum absolute atomic E-state index is 0.136. The Balaban J connectivity index is 1.61. The van der Waals surface area contributed by atoms with Gasteiger partial charge in [0.05, 0.1) is 0 Å². The first-order valence-corrected chi connectivity index (χ1v) is 11.0. The van der Waals surface area contributed by atoms with Crippen molar-refractivity contribution in [3.63, 3.8) is 0 Å². The fourth-order valence-corrected chi connectivity index (χ4v) is 5.05. The van der Waals surface area contributed by atoms with E-state index in [4.69, 9.17) is 0 Å². The molecule has 168 valence electrons. The largest absolute Gasteiger partial charge is 0.573 e. The molecule has 2 aromatic rings. The molecule has 6 heteroatoms. The molecular weight excluding hydrogens is 403 g/mol. The van der Waals surface area contributed by atoms with Gasteiger partial charge in [0.15, 0.2) is 0 Å². The first-order chi connectivity index (χ1) is 14.5. The van der Waals surface area contributed by atoms with E-state index in [0.717, 1.165) is 23.0 Å². The van der Waals surface area contributed by atoms with Crippen molar-refractivity contribution in [3.8, 4) is 22.6 Å². The molecule has 2 bridgehead atoms. The number of nitrogens with one attached hydrogen (secondary N) is 1. The van der Waals surface area contributed by atoms with Gasteiger partial charge in [-0.1, -0.05) is 45.4 Å². The lowest BCUT2D eigenvalue weighted by atomic mass is 9.83. The van der Waals surface area contributed by atoms with Gasteiger partial charge >= 0.3 is 6.36 Å². The lowest BCUT2D eigenvalue weighted by Gasteiger charge is -2.25. The van der Waals surface area contributed by atoms with Crippen LogP contribution in [0.4, 0.5) is 13.2 Å². The number of hydrogen-bond donors (Lipinski definition) is 2. The van der Waals surface area contributed by atoms with Gasteiger partial charge < -0.3 is 15.2 Å².